The summed E-state index contributed by atoms with van der Waals surface area (Å²) in [5.41, 5.74) is 0. The molecule has 0 saturated heterocycles. The second kappa shape index (κ2) is 4.51. The maximum Gasteiger partial charge on any atom is 0.119 e. The van der Waals surface area contributed by atoms with E-state index in [1.807, 2.05) is 48.7 Å². The van der Waals surface area contributed by atoms with Gasteiger partial charge in [0, 0.05) is 0 Å². The molecule has 1 unspecified atom stereocenters. The lowest BCUT2D eigenvalue weighted by molar-refractivity contribution is 0.294. The van der Waals surface area contributed by atoms with Crippen molar-refractivity contribution in [2.45, 2.75) is 6.04 Å². The summed E-state index contributed by atoms with van der Waals surface area (Å²) in [4.78, 5) is 0. The van der Waals surface area contributed by atoms with Gasteiger partial charge in [0.25, 0.3) is 0 Å². The van der Waals surface area contributed by atoms with Crippen LogP contribution in [0.4, 0.5) is 0 Å². The first-order valence-corrected chi connectivity index (χ1v) is 4.72. The van der Waals surface area contributed by atoms with Crippen LogP contribution in [0, 0.1) is 0 Å². The number of nitrogens with one attached hydrogen (secondary N) is 1. The Morgan fingerprint density at radius 1 is 1.14 bits per heavy atom. The highest BCUT2D eigenvalue weighted by Gasteiger charge is 2.04. The van der Waals surface area contributed by atoms with E-state index in [4.69, 9.17) is 4.74 Å². The molecule has 14 heavy (non-hydrogen) atoms. The molecule has 0 saturated carbocycles. The van der Waals surface area contributed by atoms with Gasteiger partial charge in [-0.25, -0.2) is 0 Å². The van der Waals surface area contributed by atoms with Gasteiger partial charge in [-0.2, -0.15) is 0 Å². The molecule has 0 amide bonds. The van der Waals surface area contributed by atoms with Gasteiger partial charge in [0.15, 0.2) is 0 Å². The second-order valence-electron chi connectivity index (χ2n) is 3.14. The highest BCUT2D eigenvalue weighted by atomic mass is 16.5. The number of hydrogen-bond acceptors (Lipinski definition) is 2. The summed E-state index contributed by atoms with van der Waals surface area (Å²) in [6.45, 7) is 0.658. The first-order valence-electron chi connectivity index (χ1n) is 4.72. The van der Waals surface area contributed by atoms with E-state index in [1.165, 1.54) is 0 Å². The van der Waals surface area contributed by atoms with E-state index in [0.29, 0.717) is 6.61 Å². The van der Waals surface area contributed by atoms with Gasteiger partial charge in [-0.15, -0.1) is 0 Å². The highest BCUT2D eigenvalue weighted by Crippen LogP contribution is 2.09. The SMILES string of the molecule is C1=CNC(COc2ccccc2)C=C1. The van der Waals surface area contributed by atoms with Gasteiger partial charge >= 0.3 is 0 Å². The molecule has 0 aliphatic carbocycles. The number of ether oxygens (including phenoxy) is 1. The molecule has 1 aliphatic heterocycles. The van der Waals surface area contributed by atoms with Crippen LogP contribution in [-0.2, 0) is 0 Å². The zero-order chi connectivity index (χ0) is 9.64. The van der Waals surface area contributed by atoms with Crippen molar-refractivity contribution < 1.29 is 4.74 Å². The molecule has 0 aromatic heterocycles. The third-order valence-corrected chi connectivity index (χ3v) is 2.03. The van der Waals surface area contributed by atoms with Crippen molar-refractivity contribution in [3.8, 4) is 5.75 Å². The molecule has 0 spiro atoms. The molecule has 1 aromatic carbocycles. The van der Waals surface area contributed by atoms with Crippen LogP contribution in [0.15, 0.2) is 54.8 Å². The van der Waals surface area contributed by atoms with Gasteiger partial charge in [-0.1, -0.05) is 30.4 Å². The van der Waals surface area contributed by atoms with Crippen LogP contribution in [0.2, 0.25) is 0 Å². The lowest BCUT2D eigenvalue weighted by Crippen LogP contribution is -2.30. The van der Waals surface area contributed by atoms with Gasteiger partial charge in [-0.3, -0.25) is 0 Å². The topological polar surface area (TPSA) is 21.3 Å². The largest absolute Gasteiger partial charge is 0.491 e. The average Bonchev–Trinajstić information content (AvgIpc) is 2.29. The Kier molecular flexibility index (Phi) is 2.86. The fraction of sp³-hybridized carbons (Fsp3) is 0.167. The molecule has 1 atom stereocenters. The Hall–Kier alpha value is -1.70. The Labute approximate surface area is 83.9 Å². The summed E-state index contributed by atoms with van der Waals surface area (Å²) >= 11 is 0. The Balaban J connectivity index is 1.83. The molecule has 1 heterocycles. The van der Waals surface area contributed by atoms with Crippen molar-refractivity contribution in [2.75, 3.05) is 6.61 Å². The number of dihydropyridines is 1. The predicted octanol–water partition coefficient (Wildman–Crippen LogP) is 2.11. The smallest absolute Gasteiger partial charge is 0.119 e. The summed E-state index contributed by atoms with van der Waals surface area (Å²) in [5, 5.41) is 3.20. The van der Waals surface area contributed by atoms with Crippen LogP contribution >= 0.6 is 0 Å². The zero-order valence-corrected chi connectivity index (χ0v) is 7.89. The molecule has 2 nitrogen and oxygen atoms in total. The molecule has 2 heteroatoms. The molecule has 1 aliphatic rings. The lowest BCUT2D eigenvalue weighted by Gasteiger charge is -2.16. The van der Waals surface area contributed by atoms with E-state index in [9.17, 15) is 0 Å². The van der Waals surface area contributed by atoms with Crippen LogP contribution in [-0.4, -0.2) is 12.6 Å². The van der Waals surface area contributed by atoms with Crippen molar-refractivity contribution in [2.24, 2.45) is 0 Å². The third-order valence-electron chi connectivity index (χ3n) is 2.03. The number of allylic oxidation sites excluding steroid dienone is 2. The van der Waals surface area contributed by atoms with Crippen molar-refractivity contribution in [1.82, 2.24) is 5.32 Å². The van der Waals surface area contributed by atoms with Crippen LogP contribution in [0.1, 0.15) is 0 Å². The van der Waals surface area contributed by atoms with Crippen LogP contribution in [0.25, 0.3) is 0 Å². The minimum atomic E-state index is 0.278. The molecular weight excluding hydrogens is 174 g/mol. The molecule has 72 valence electrons. The predicted molar refractivity (Wildman–Crippen MR) is 57.1 cm³/mol. The molecule has 1 N–H and O–H groups in total. The van der Waals surface area contributed by atoms with Gasteiger partial charge in [0.1, 0.15) is 12.4 Å². The van der Waals surface area contributed by atoms with Crippen molar-refractivity contribution in [1.29, 1.82) is 0 Å². The number of para-hydroxylation sites is 1. The van der Waals surface area contributed by atoms with E-state index in [-0.39, 0.29) is 6.04 Å². The van der Waals surface area contributed by atoms with E-state index in [2.05, 4.69) is 11.4 Å². The fourth-order valence-corrected chi connectivity index (χ4v) is 1.29. The van der Waals surface area contributed by atoms with E-state index in [0.717, 1.165) is 5.75 Å². The summed E-state index contributed by atoms with van der Waals surface area (Å²) in [5.74, 6) is 0.914. The minimum Gasteiger partial charge on any atom is -0.491 e. The Morgan fingerprint density at radius 3 is 2.71 bits per heavy atom. The maximum atomic E-state index is 5.60. The van der Waals surface area contributed by atoms with Crippen LogP contribution in [0.3, 0.4) is 0 Å². The van der Waals surface area contributed by atoms with Crippen molar-refractivity contribution in [3.63, 3.8) is 0 Å². The van der Waals surface area contributed by atoms with E-state index >= 15 is 0 Å². The summed E-state index contributed by atoms with van der Waals surface area (Å²) < 4.78 is 5.60. The number of benzene rings is 1. The van der Waals surface area contributed by atoms with Crippen LogP contribution in [0.5, 0.6) is 5.75 Å². The second-order valence-corrected chi connectivity index (χ2v) is 3.14. The van der Waals surface area contributed by atoms with Gasteiger partial charge in [0.05, 0.1) is 6.04 Å². The maximum absolute atomic E-state index is 5.60. The highest BCUT2D eigenvalue weighted by molar-refractivity contribution is 5.21. The standard InChI is InChI=1S/C12H13NO/c1-2-7-12(8-3-1)14-10-11-6-4-5-9-13-11/h1-9,11,13H,10H2. The molecule has 2 rings (SSSR count). The molecular formula is C12H13NO. The molecule has 0 radical (unpaired) electrons. The fourth-order valence-electron chi connectivity index (χ4n) is 1.29. The Bertz CT molecular complexity index is 329. The number of rotatable bonds is 3. The van der Waals surface area contributed by atoms with Gasteiger partial charge in [-0.05, 0) is 24.4 Å². The van der Waals surface area contributed by atoms with Crippen molar-refractivity contribution in [3.05, 3.63) is 54.8 Å². The minimum absolute atomic E-state index is 0.278. The molecule has 0 bridgehead atoms. The average molecular weight is 187 g/mol. The number of hydrogen-bond donors (Lipinski definition) is 1. The van der Waals surface area contributed by atoms with Crippen molar-refractivity contribution >= 4 is 0 Å². The zero-order valence-electron chi connectivity index (χ0n) is 7.89. The first kappa shape index (κ1) is 8.88. The van der Waals surface area contributed by atoms with E-state index < -0.39 is 0 Å². The summed E-state index contributed by atoms with van der Waals surface area (Å²) in [7, 11) is 0. The lowest BCUT2D eigenvalue weighted by atomic mass is 10.2. The third kappa shape index (κ3) is 2.39. The van der Waals surface area contributed by atoms with Crippen LogP contribution < -0.4 is 10.1 Å². The van der Waals surface area contributed by atoms with Gasteiger partial charge < -0.3 is 10.1 Å². The first-order chi connectivity index (χ1) is 6.95. The normalized spacial score (nSPS) is 19.0. The van der Waals surface area contributed by atoms with E-state index in [1.54, 1.807) is 0 Å². The molecule has 1 aromatic rings. The monoisotopic (exact) mass is 187 g/mol. The molecule has 0 fully saturated rings. The van der Waals surface area contributed by atoms with Gasteiger partial charge in [0.2, 0.25) is 0 Å². The Morgan fingerprint density at radius 2 is 2.00 bits per heavy atom. The summed E-state index contributed by atoms with van der Waals surface area (Å²) in [6.07, 6.45) is 8.01. The summed E-state index contributed by atoms with van der Waals surface area (Å²) in [6, 6.07) is 10.1. The quantitative estimate of drug-likeness (QED) is 0.782.